The smallest absolute Gasteiger partial charge is 0.340 e. The second-order valence-corrected chi connectivity index (χ2v) is 8.08. The van der Waals surface area contributed by atoms with Crippen molar-refractivity contribution in [1.29, 1.82) is 0 Å². The molecule has 0 saturated carbocycles. The number of hydrogen-bond donors (Lipinski definition) is 2. The number of rotatable bonds is 9. The molecule has 26 heavy (non-hydrogen) atoms. The molecule has 1 unspecified atom stereocenters. The van der Waals surface area contributed by atoms with Crippen LogP contribution in [0.2, 0.25) is 0 Å². The van der Waals surface area contributed by atoms with Gasteiger partial charge in [-0.2, -0.15) is 0 Å². The molecule has 0 aliphatic heterocycles. The van der Waals surface area contributed by atoms with Crippen molar-refractivity contribution in [3.8, 4) is 0 Å². The molecular formula is C17H22N4O3S2. The zero-order valence-electron chi connectivity index (χ0n) is 15.2. The summed E-state index contributed by atoms with van der Waals surface area (Å²) in [5, 5.41) is 11.5. The van der Waals surface area contributed by atoms with Gasteiger partial charge in [-0.3, -0.25) is 4.79 Å². The Kier molecular flexibility index (Phi) is 6.98. The predicted molar refractivity (Wildman–Crippen MR) is 104 cm³/mol. The lowest BCUT2D eigenvalue weighted by atomic mass is 10.1. The number of thioether (sulfide) groups is 1. The first-order valence-electron chi connectivity index (χ1n) is 8.14. The highest BCUT2D eigenvalue weighted by atomic mass is 32.2. The number of aromatic nitrogens is 3. The van der Waals surface area contributed by atoms with E-state index in [1.807, 2.05) is 6.92 Å². The molecule has 2 N–H and O–H groups in total. The summed E-state index contributed by atoms with van der Waals surface area (Å²) in [6.45, 7) is 11.6. The molecular weight excluding hydrogens is 372 g/mol. The summed E-state index contributed by atoms with van der Waals surface area (Å²) in [5.74, 6) is -0.512. The van der Waals surface area contributed by atoms with E-state index in [9.17, 15) is 9.59 Å². The lowest BCUT2D eigenvalue weighted by molar-refractivity contribution is 0.0525. The van der Waals surface area contributed by atoms with Crippen LogP contribution in [0.15, 0.2) is 17.0 Å². The Morgan fingerprint density at radius 3 is 2.81 bits per heavy atom. The van der Waals surface area contributed by atoms with E-state index in [-0.39, 0.29) is 17.6 Å². The minimum Gasteiger partial charge on any atom is -0.462 e. The molecule has 0 amide bonds. The number of nitrogens with one attached hydrogen (secondary N) is 2. The van der Waals surface area contributed by atoms with Crippen LogP contribution in [-0.4, -0.2) is 45.3 Å². The first-order chi connectivity index (χ1) is 12.4. The Morgan fingerprint density at radius 1 is 1.42 bits per heavy atom. The minimum absolute atomic E-state index is 0.0954. The number of ketones is 1. The molecule has 0 saturated heterocycles. The van der Waals surface area contributed by atoms with Crippen molar-refractivity contribution in [3.05, 3.63) is 35.2 Å². The third kappa shape index (κ3) is 4.53. The maximum absolute atomic E-state index is 12.8. The van der Waals surface area contributed by atoms with Crippen LogP contribution in [0.1, 0.15) is 46.0 Å². The first kappa shape index (κ1) is 20.2. The minimum atomic E-state index is -0.417. The Bertz CT molecular complexity index is 813. The molecule has 0 aliphatic carbocycles. The van der Waals surface area contributed by atoms with Crippen LogP contribution in [0.4, 0.5) is 5.13 Å². The van der Waals surface area contributed by atoms with Crippen molar-refractivity contribution < 1.29 is 14.3 Å². The number of carbonyl (C=O) groups excluding carboxylic acids is 2. The van der Waals surface area contributed by atoms with Gasteiger partial charge in [0.25, 0.3) is 0 Å². The SMILES string of the molecule is C=CCNc1nnc(SC(C)C(=O)c2[nH]c(C)c(C(=O)OCC)c2C)s1. The summed E-state index contributed by atoms with van der Waals surface area (Å²) in [4.78, 5) is 27.9. The fourth-order valence-electron chi connectivity index (χ4n) is 2.40. The molecule has 2 heterocycles. The number of aromatic amines is 1. The quantitative estimate of drug-likeness (QED) is 0.290. The molecule has 140 valence electrons. The number of hydrogen-bond acceptors (Lipinski definition) is 8. The van der Waals surface area contributed by atoms with Crippen LogP contribution in [-0.2, 0) is 4.74 Å². The Labute approximate surface area is 160 Å². The summed E-state index contributed by atoms with van der Waals surface area (Å²) in [7, 11) is 0. The summed E-state index contributed by atoms with van der Waals surface area (Å²) >= 11 is 2.72. The van der Waals surface area contributed by atoms with E-state index in [0.717, 1.165) is 0 Å². The average Bonchev–Trinajstić information content (AvgIpc) is 3.16. The van der Waals surface area contributed by atoms with E-state index in [0.29, 0.717) is 38.5 Å². The van der Waals surface area contributed by atoms with Gasteiger partial charge in [-0.25, -0.2) is 4.79 Å². The zero-order valence-corrected chi connectivity index (χ0v) is 16.8. The Hall–Kier alpha value is -2.13. The van der Waals surface area contributed by atoms with E-state index >= 15 is 0 Å². The summed E-state index contributed by atoms with van der Waals surface area (Å²) in [5.41, 5.74) is 2.11. The summed E-state index contributed by atoms with van der Waals surface area (Å²) < 4.78 is 5.77. The number of esters is 1. The van der Waals surface area contributed by atoms with Crippen molar-refractivity contribution in [2.24, 2.45) is 0 Å². The van der Waals surface area contributed by atoms with Gasteiger partial charge in [-0.15, -0.1) is 16.8 Å². The average molecular weight is 395 g/mol. The summed E-state index contributed by atoms with van der Waals surface area (Å²) in [6.07, 6.45) is 1.73. The predicted octanol–water partition coefficient (Wildman–Crippen LogP) is 3.62. The Morgan fingerprint density at radius 2 is 2.15 bits per heavy atom. The lowest BCUT2D eigenvalue weighted by Crippen LogP contribution is -2.15. The molecule has 0 spiro atoms. The van der Waals surface area contributed by atoms with Gasteiger partial charge >= 0.3 is 5.97 Å². The second-order valence-electron chi connectivity index (χ2n) is 5.51. The highest BCUT2D eigenvalue weighted by molar-refractivity contribution is 8.02. The number of aryl methyl sites for hydroxylation is 1. The zero-order chi connectivity index (χ0) is 19.3. The Balaban J connectivity index is 2.13. The van der Waals surface area contributed by atoms with Crippen LogP contribution < -0.4 is 5.32 Å². The molecule has 2 rings (SSSR count). The second kappa shape index (κ2) is 9.00. The normalized spacial score (nSPS) is 11.8. The van der Waals surface area contributed by atoms with Crippen molar-refractivity contribution >= 4 is 40.0 Å². The molecule has 2 aromatic rings. The third-order valence-corrected chi connectivity index (χ3v) is 5.68. The van der Waals surface area contributed by atoms with Gasteiger partial charge in [0, 0.05) is 12.2 Å². The van der Waals surface area contributed by atoms with Gasteiger partial charge < -0.3 is 15.0 Å². The van der Waals surface area contributed by atoms with Crippen LogP contribution in [0.5, 0.6) is 0 Å². The molecule has 9 heteroatoms. The highest BCUT2D eigenvalue weighted by Crippen LogP contribution is 2.31. The topological polar surface area (TPSA) is 97.0 Å². The number of carbonyl (C=O) groups is 2. The molecule has 7 nitrogen and oxygen atoms in total. The molecule has 0 radical (unpaired) electrons. The van der Waals surface area contributed by atoms with Crippen molar-refractivity contribution in [2.45, 2.75) is 37.3 Å². The molecule has 0 aliphatic rings. The van der Waals surface area contributed by atoms with Crippen LogP contribution in [0, 0.1) is 13.8 Å². The standard InChI is InChI=1S/C17H22N4O3S2/c1-6-8-18-16-20-21-17(26-16)25-11(5)14(22)13-9(3)12(10(4)19-13)15(23)24-7-2/h6,11,19H,1,7-8H2,2-5H3,(H,18,20). The fraction of sp³-hybridized carbons (Fsp3) is 0.412. The van der Waals surface area contributed by atoms with E-state index in [4.69, 9.17) is 4.74 Å². The first-order valence-corrected chi connectivity index (χ1v) is 9.84. The molecule has 1 atom stereocenters. The van der Waals surface area contributed by atoms with E-state index < -0.39 is 5.97 Å². The van der Waals surface area contributed by atoms with Crippen LogP contribution in [0.25, 0.3) is 0 Å². The largest absolute Gasteiger partial charge is 0.462 e. The van der Waals surface area contributed by atoms with Crippen molar-refractivity contribution in [1.82, 2.24) is 15.2 Å². The number of Topliss-reactive ketones (excluding diaryl/α,β-unsaturated/α-hetero) is 1. The maximum atomic E-state index is 12.8. The fourth-order valence-corrected chi connectivity index (χ4v) is 4.36. The molecule has 2 aromatic heterocycles. The van der Waals surface area contributed by atoms with Gasteiger partial charge in [0.05, 0.1) is 23.1 Å². The number of anilines is 1. The molecule has 0 bridgehead atoms. The van der Waals surface area contributed by atoms with E-state index in [2.05, 4.69) is 27.1 Å². The monoisotopic (exact) mass is 394 g/mol. The van der Waals surface area contributed by atoms with E-state index in [1.54, 1.807) is 26.8 Å². The van der Waals surface area contributed by atoms with Crippen molar-refractivity contribution in [2.75, 3.05) is 18.5 Å². The molecule has 0 aromatic carbocycles. The van der Waals surface area contributed by atoms with Gasteiger partial charge in [0.1, 0.15) is 0 Å². The van der Waals surface area contributed by atoms with Crippen LogP contribution >= 0.6 is 23.1 Å². The highest BCUT2D eigenvalue weighted by Gasteiger charge is 2.26. The lowest BCUT2D eigenvalue weighted by Gasteiger charge is -2.07. The molecule has 0 fully saturated rings. The van der Waals surface area contributed by atoms with Crippen LogP contribution in [0.3, 0.4) is 0 Å². The third-order valence-electron chi connectivity index (χ3n) is 3.61. The van der Waals surface area contributed by atoms with E-state index in [1.165, 1.54) is 23.1 Å². The van der Waals surface area contributed by atoms with Gasteiger partial charge in [0.2, 0.25) is 5.13 Å². The van der Waals surface area contributed by atoms with Gasteiger partial charge in [0.15, 0.2) is 10.1 Å². The number of nitrogens with zero attached hydrogens (tertiary/aromatic N) is 2. The van der Waals surface area contributed by atoms with Crippen molar-refractivity contribution in [3.63, 3.8) is 0 Å². The maximum Gasteiger partial charge on any atom is 0.340 e. The number of H-pyrrole nitrogens is 1. The van der Waals surface area contributed by atoms with Gasteiger partial charge in [-0.05, 0) is 33.3 Å². The number of ether oxygens (including phenoxy) is 1. The summed E-state index contributed by atoms with van der Waals surface area (Å²) in [6, 6.07) is 0. The van der Waals surface area contributed by atoms with Gasteiger partial charge in [-0.1, -0.05) is 29.2 Å².